The van der Waals surface area contributed by atoms with Gasteiger partial charge in [-0.1, -0.05) is 43.2 Å². The Labute approximate surface area is 126 Å². The maximum absolute atomic E-state index is 6.29. The van der Waals surface area contributed by atoms with Crippen molar-refractivity contribution in [1.29, 1.82) is 0 Å². The third kappa shape index (κ3) is 2.49. The van der Waals surface area contributed by atoms with Crippen molar-refractivity contribution in [3.05, 3.63) is 35.9 Å². The van der Waals surface area contributed by atoms with E-state index in [-0.39, 0.29) is 12.3 Å². The summed E-state index contributed by atoms with van der Waals surface area (Å²) in [6, 6.07) is 11.1. The Balaban J connectivity index is 1.53. The molecule has 4 unspecified atom stereocenters. The SMILES string of the molecule is NC1NNC2C1C(C1CCCC1)NN2Cc1ccccc1. The van der Waals surface area contributed by atoms with Gasteiger partial charge in [-0.15, -0.1) is 0 Å². The molecular weight excluding hydrogens is 262 g/mol. The highest BCUT2D eigenvalue weighted by Crippen LogP contribution is 2.37. The Morgan fingerprint density at radius 1 is 1.10 bits per heavy atom. The maximum Gasteiger partial charge on any atom is 0.0936 e. The van der Waals surface area contributed by atoms with Gasteiger partial charge in [-0.05, 0) is 24.3 Å². The monoisotopic (exact) mass is 287 g/mol. The lowest BCUT2D eigenvalue weighted by atomic mass is 9.86. The molecule has 1 aromatic rings. The van der Waals surface area contributed by atoms with E-state index in [1.807, 2.05) is 0 Å². The zero-order valence-corrected chi connectivity index (χ0v) is 12.3. The van der Waals surface area contributed by atoms with Gasteiger partial charge in [-0.3, -0.25) is 0 Å². The highest BCUT2D eigenvalue weighted by Gasteiger charge is 2.51. The molecule has 1 aromatic carbocycles. The maximum atomic E-state index is 6.29. The molecule has 1 saturated carbocycles. The number of hydrogen-bond donors (Lipinski definition) is 4. The number of hydrogen-bond acceptors (Lipinski definition) is 5. The lowest BCUT2D eigenvalue weighted by Gasteiger charge is -2.26. The molecule has 2 heterocycles. The lowest BCUT2D eigenvalue weighted by Crippen LogP contribution is -2.51. The Bertz CT molecular complexity index is 473. The van der Waals surface area contributed by atoms with Crippen molar-refractivity contribution in [1.82, 2.24) is 21.3 Å². The summed E-state index contributed by atoms with van der Waals surface area (Å²) in [5.74, 6) is 1.21. The first-order chi connectivity index (χ1) is 10.3. The summed E-state index contributed by atoms with van der Waals surface area (Å²) < 4.78 is 0. The summed E-state index contributed by atoms with van der Waals surface area (Å²) in [6.45, 7) is 0.909. The van der Waals surface area contributed by atoms with Gasteiger partial charge in [0.15, 0.2) is 0 Å². The molecule has 5 heteroatoms. The van der Waals surface area contributed by atoms with Crippen LogP contribution in [0.5, 0.6) is 0 Å². The Kier molecular flexibility index (Phi) is 3.69. The molecule has 21 heavy (non-hydrogen) atoms. The van der Waals surface area contributed by atoms with Gasteiger partial charge >= 0.3 is 0 Å². The minimum atomic E-state index is 0.0360. The molecule has 4 rings (SSSR count). The van der Waals surface area contributed by atoms with Gasteiger partial charge in [-0.2, -0.15) is 0 Å². The standard InChI is InChI=1S/C16H25N5/c17-15-13-14(12-8-4-5-9-12)20-21(16(13)19-18-15)10-11-6-2-1-3-7-11/h1-3,6-7,12-16,18-20H,4-5,8-10,17H2. The fourth-order valence-corrected chi connectivity index (χ4v) is 4.29. The van der Waals surface area contributed by atoms with E-state index < -0.39 is 0 Å². The minimum absolute atomic E-state index is 0.0360. The zero-order chi connectivity index (χ0) is 14.2. The van der Waals surface area contributed by atoms with Crippen LogP contribution in [0.1, 0.15) is 31.2 Å². The van der Waals surface area contributed by atoms with E-state index in [1.54, 1.807) is 0 Å². The van der Waals surface area contributed by atoms with Crippen molar-refractivity contribution in [3.8, 4) is 0 Å². The number of rotatable bonds is 3. The Hall–Kier alpha value is -0.980. The molecule has 0 spiro atoms. The molecule has 3 aliphatic rings. The van der Waals surface area contributed by atoms with Gasteiger partial charge in [0.25, 0.3) is 0 Å². The molecule has 0 aromatic heterocycles. The van der Waals surface area contributed by atoms with E-state index in [1.165, 1.54) is 31.2 Å². The summed E-state index contributed by atoms with van der Waals surface area (Å²) in [5.41, 5.74) is 18.0. The van der Waals surface area contributed by atoms with Crippen LogP contribution in [0.4, 0.5) is 0 Å². The van der Waals surface area contributed by atoms with Gasteiger partial charge in [0.05, 0.1) is 12.3 Å². The van der Waals surface area contributed by atoms with Crippen molar-refractivity contribution in [3.63, 3.8) is 0 Å². The molecule has 5 N–H and O–H groups in total. The quantitative estimate of drug-likeness (QED) is 0.665. The molecule has 3 fully saturated rings. The van der Waals surface area contributed by atoms with Crippen molar-refractivity contribution in [2.24, 2.45) is 17.6 Å². The number of nitrogens with two attached hydrogens (primary N) is 1. The van der Waals surface area contributed by atoms with Crippen LogP contribution >= 0.6 is 0 Å². The molecule has 5 nitrogen and oxygen atoms in total. The number of nitrogens with one attached hydrogen (secondary N) is 3. The second-order valence-corrected chi connectivity index (χ2v) is 6.65. The van der Waals surface area contributed by atoms with Crippen molar-refractivity contribution < 1.29 is 0 Å². The van der Waals surface area contributed by atoms with Crippen LogP contribution in [-0.4, -0.2) is 23.4 Å². The van der Waals surface area contributed by atoms with Crippen LogP contribution in [0.2, 0.25) is 0 Å². The van der Waals surface area contributed by atoms with Crippen LogP contribution in [0.25, 0.3) is 0 Å². The van der Waals surface area contributed by atoms with Gasteiger partial charge in [0.1, 0.15) is 0 Å². The first-order valence-corrected chi connectivity index (χ1v) is 8.16. The molecule has 0 amide bonds. The lowest BCUT2D eigenvalue weighted by molar-refractivity contribution is 0.137. The summed E-state index contributed by atoms with van der Waals surface area (Å²) in [6.07, 6.45) is 5.74. The van der Waals surface area contributed by atoms with Crippen LogP contribution in [0.3, 0.4) is 0 Å². The second kappa shape index (κ2) is 5.66. The highest BCUT2D eigenvalue weighted by atomic mass is 15.7. The van der Waals surface area contributed by atoms with Gasteiger partial charge in [0, 0.05) is 18.5 Å². The summed E-state index contributed by atoms with van der Waals surface area (Å²) >= 11 is 0. The van der Waals surface area contributed by atoms with Gasteiger partial charge < -0.3 is 5.73 Å². The van der Waals surface area contributed by atoms with E-state index in [9.17, 15) is 0 Å². The second-order valence-electron chi connectivity index (χ2n) is 6.65. The third-order valence-corrected chi connectivity index (χ3v) is 5.35. The number of hydrazine groups is 2. The molecular formula is C16H25N5. The van der Waals surface area contributed by atoms with E-state index in [0.29, 0.717) is 12.0 Å². The largest absolute Gasteiger partial charge is 0.315 e. The molecule has 1 aliphatic carbocycles. The number of fused-ring (bicyclic) bond motifs is 1. The van der Waals surface area contributed by atoms with Crippen molar-refractivity contribution in [2.45, 2.75) is 50.6 Å². The summed E-state index contributed by atoms with van der Waals surface area (Å²) in [4.78, 5) is 0. The van der Waals surface area contributed by atoms with E-state index in [0.717, 1.165) is 12.5 Å². The van der Waals surface area contributed by atoms with Gasteiger partial charge in [0.2, 0.25) is 0 Å². The number of nitrogens with zero attached hydrogens (tertiary/aromatic N) is 1. The fourth-order valence-electron chi connectivity index (χ4n) is 4.29. The topological polar surface area (TPSA) is 65.3 Å². The van der Waals surface area contributed by atoms with E-state index >= 15 is 0 Å². The van der Waals surface area contributed by atoms with Crippen molar-refractivity contribution >= 4 is 0 Å². The Morgan fingerprint density at radius 3 is 2.62 bits per heavy atom. The summed E-state index contributed by atoms with van der Waals surface area (Å²) in [5, 5.41) is 2.34. The predicted molar refractivity (Wildman–Crippen MR) is 82.4 cm³/mol. The molecule has 114 valence electrons. The zero-order valence-electron chi connectivity index (χ0n) is 12.3. The van der Waals surface area contributed by atoms with Crippen LogP contribution in [-0.2, 0) is 6.54 Å². The average Bonchev–Trinajstić information content (AvgIpc) is 3.20. The Morgan fingerprint density at radius 2 is 1.86 bits per heavy atom. The average molecular weight is 287 g/mol. The highest BCUT2D eigenvalue weighted by molar-refractivity contribution is 5.15. The normalized spacial score (nSPS) is 37.2. The van der Waals surface area contributed by atoms with E-state index in [2.05, 4.69) is 51.6 Å². The number of benzene rings is 1. The van der Waals surface area contributed by atoms with Crippen LogP contribution < -0.4 is 22.0 Å². The minimum Gasteiger partial charge on any atom is -0.315 e. The molecule has 0 bridgehead atoms. The van der Waals surface area contributed by atoms with Crippen molar-refractivity contribution in [2.75, 3.05) is 0 Å². The van der Waals surface area contributed by atoms with E-state index in [4.69, 9.17) is 5.73 Å². The molecule has 0 radical (unpaired) electrons. The first kappa shape index (κ1) is 13.7. The summed E-state index contributed by atoms with van der Waals surface area (Å²) in [7, 11) is 0. The third-order valence-electron chi connectivity index (χ3n) is 5.35. The smallest absolute Gasteiger partial charge is 0.0936 e. The fraction of sp³-hybridized carbons (Fsp3) is 0.625. The molecule has 2 saturated heterocycles. The van der Waals surface area contributed by atoms with Crippen LogP contribution in [0, 0.1) is 11.8 Å². The predicted octanol–water partition coefficient (Wildman–Crippen LogP) is 0.901. The first-order valence-electron chi connectivity index (χ1n) is 8.16. The molecule has 2 aliphatic heterocycles. The van der Waals surface area contributed by atoms with Crippen LogP contribution in [0.15, 0.2) is 30.3 Å². The van der Waals surface area contributed by atoms with Gasteiger partial charge in [-0.25, -0.2) is 21.3 Å². The molecule has 4 atom stereocenters.